The van der Waals surface area contributed by atoms with Crippen molar-refractivity contribution in [2.45, 2.75) is 25.1 Å². The molecule has 16 heavy (non-hydrogen) atoms. The van der Waals surface area contributed by atoms with Crippen LogP contribution in [-0.2, 0) is 9.53 Å². The zero-order valence-corrected chi connectivity index (χ0v) is 8.99. The summed E-state index contributed by atoms with van der Waals surface area (Å²) in [6, 6.07) is 0. The molecule has 88 valence electrons. The lowest BCUT2D eigenvalue weighted by Crippen LogP contribution is -2.43. The molecular weight excluding hydrogens is 217 g/mol. The van der Waals surface area contributed by atoms with E-state index in [-0.39, 0.29) is 13.0 Å². The number of hydrogen-bond donors (Lipinski definition) is 1. The van der Waals surface area contributed by atoms with E-state index in [1.165, 1.54) is 14.0 Å². The molecule has 1 N–H and O–H groups in total. The van der Waals surface area contributed by atoms with Crippen LogP contribution in [-0.4, -0.2) is 47.4 Å². The molecule has 1 aliphatic heterocycles. The number of nitrogens with zero attached hydrogens (tertiary/aromatic N) is 1. The van der Waals surface area contributed by atoms with Crippen molar-refractivity contribution in [2.75, 3.05) is 13.7 Å². The van der Waals surface area contributed by atoms with Crippen molar-refractivity contribution in [1.29, 1.82) is 0 Å². The van der Waals surface area contributed by atoms with E-state index in [9.17, 15) is 14.0 Å². The van der Waals surface area contributed by atoms with Crippen molar-refractivity contribution >= 4 is 12.1 Å². The predicted octanol–water partition coefficient (Wildman–Crippen LogP) is 0.643. The lowest BCUT2D eigenvalue weighted by Gasteiger charge is -2.26. The number of carbonyl (C=O) groups excluding carboxylic acids is 1. The van der Waals surface area contributed by atoms with Crippen LogP contribution < -0.4 is 0 Å². The molecule has 0 aromatic heterocycles. The van der Waals surface area contributed by atoms with Crippen molar-refractivity contribution in [3.05, 3.63) is 0 Å². The molecule has 5 nitrogen and oxygen atoms in total. The van der Waals surface area contributed by atoms with Crippen LogP contribution in [0.4, 0.5) is 9.18 Å². The van der Waals surface area contributed by atoms with Gasteiger partial charge in [-0.05, 0) is 6.92 Å². The van der Waals surface area contributed by atoms with E-state index >= 15 is 0 Å². The Morgan fingerprint density at radius 2 is 2.25 bits per heavy atom. The molecule has 0 saturated carbocycles. The van der Waals surface area contributed by atoms with Gasteiger partial charge in [-0.25, -0.2) is 14.0 Å². The summed E-state index contributed by atoms with van der Waals surface area (Å²) in [6.45, 7) is 1.26. The number of carbonyl (C=O) groups is 2. The molecule has 2 unspecified atom stereocenters. The third-order valence-corrected chi connectivity index (χ3v) is 2.45. The minimum atomic E-state index is -1.26. The molecule has 0 spiro atoms. The first-order chi connectivity index (χ1) is 7.39. The number of hydrogen-bond acceptors (Lipinski definition) is 3. The first kappa shape index (κ1) is 12.3. The molecule has 0 aliphatic carbocycles. The molecule has 6 heteroatoms. The summed E-state index contributed by atoms with van der Waals surface area (Å²) in [5.74, 6) is 3.82. The maximum atomic E-state index is 13.1. The van der Waals surface area contributed by atoms with Crippen LogP contribution in [0.2, 0.25) is 0 Å². The molecule has 0 radical (unpaired) electrons. The highest BCUT2D eigenvalue weighted by atomic mass is 19.1. The average Bonchev–Trinajstić information content (AvgIpc) is 2.51. The molecule has 1 aliphatic rings. The number of alkyl halides is 1. The summed E-state index contributed by atoms with van der Waals surface area (Å²) in [6.07, 6.45) is -2.54. The van der Waals surface area contributed by atoms with Gasteiger partial charge in [0, 0.05) is 12.3 Å². The number of rotatable bonds is 0. The molecule has 1 fully saturated rings. The molecule has 1 heterocycles. The van der Waals surface area contributed by atoms with Crippen LogP contribution in [0.15, 0.2) is 0 Å². The van der Waals surface area contributed by atoms with Gasteiger partial charge in [0.15, 0.2) is 0 Å². The molecule has 2 atom stereocenters. The van der Waals surface area contributed by atoms with E-state index in [1.54, 1.807) is 0 Å². The highest BCUT2D eigenvalue weighted by Gasteiger charge is 2.44. The first-order valence-corrected chi connectivity index (χ1v) is 4.65. The zero-order chi connectivity index (χ0) is 12.3. The van der Waals surface area contributed by atoms with Gasteiger partial charge in [-0.2, -0.15) is 0 Å². The van der Waals surface area contributed by atoms with Crippen LogP contribution in [0.25, 0.3) is 0 Å². The summed E-state index contributed by atoms with van der Waals surface area (Å²) >= 11 is 0. The average molecular weight is 229 g/mol. The van der Waals surface area contributed by atoms with Gasteiger partial charge in [0.2, 0.25) is 0 Å². The Kier molecular flexibility index (Phi) is 3.38. The number of methoxy groups -OCH3 is 1. The van der Waals surface area contributed by atoms with E-state index in [4.69, 9.17) is 5.11 Å². The second kappa shape index (κ2) is 4.39. The standard InChI is InChI=1S/C10H12FNO4/c1-10(4-3-8(13)16-2)5-7(11)6-12(10)9(14)15/h7H,5-6H2,1-2H3,(H,14,15). The van der Waals surface area contributed by atoms with E-state index in [1.807, 2.05) is 0 Å². The van der Waals surface area contributed by atoms with Gasteiger partial charge >= 0.3 is 12.1 Å². The van der Waals surface area contributed by atoms with Gasteiger partial charge < -0.3 is 9.84 Å². The molecule has 1 rings (SSSR count). The number of carboxylic acid groups (broad SMARTS) is 1. The van der Waals surface area contributed by atoms with Gasteiger partial charge in [0.1, 0.15) is 11.7 Å². The van der Waals surface area contributed by atoms with E-state index in [2.05, 4.69) is 16.6 Å². The molecule has 0 bridgehead atoms. The number of halogens is 1. The topological polar surface area (TPSA) is 66.8 Å². The Hall–Kier alpha value is -1.77. The molecule has 1 saturated heterocycles. The first-order valence-electron chi connectivity index (χ1n) is 4.65. The molecule has 1 amide bonds. The van der Waals surface area contributed by atoms with Gasteiger partial charge in [-0.3, -0.25) is 4.90 Å². The van der Waals surface area contributed by atoms with Crippen molar-refractivity contribution in [3.63, 3.8) is 0 Å². The van der Waals surface area contributed by atoms with Crippen LogP contribution in [0.5, 0.6) is 0 Å². The highest BCUT2D eigenvalue weighted by Crippen LogP contribution is 2.30. The van der Waals surface area contributed by atoms with Gasteiger partial charge in [0.05, 0.1) is 13.7 Å². The second-order valence-corrected chi connectivity index (χ2v) is 3.71. The molecule has 0 aromatic carbocycles. The minimum Gasteiger partial charge on any atom is -0.465 e. The number of likely N-dealkylation sites (tertiary alicyclic amines) is 1. The maximum absolute atomic E-state index is 13.1. The summed E-state index contributed by atoms with van der Waals surface area (Å²) in [7, 11) is 1.17. The summed E-state index contributed by atoms with van der Waals surface area (Å²) < 4.78 is 17.5. The Balaban J connectivity index is 2.92. The highest BCUT2D eigenvalue weighted by molar-refractivity contribution is 5.88. The van der Waals surface area contributed by atoms with Crippen molar-refractivity contribution in [3.8, 4) is 11.8 Å². The molecular formula is C10H12FNO4. The van der Waals surface area contributed by atoms with Gasteiger partial charge in [0.25, 0.3) is 0 Å². The minimum absolute atomic E-state index is 0.0384. The maximum Gasteiger partial charge on any atom is 0.408 e. The van der Waals surface area contributed by atoms with Gasteiger partial charge in [-0.1, -0.05) is 5.92 Å². The largest absolute Gasteiger partial charge is 0.465 e. The van der Waals surface area contributed by atoms with Crippen molar-refractivity contribution < 1.29 is 23.8 Å². The van der Waals surface area contributed by atoms with E-state index in [0.29, 0.717) is 0 Å². The lowest BCUT2D eigenvalue weighted by molar-refractivity contribution is -0.133. The predicted molar refractivity (Wildman–Crippen MR) is 52.4 cm³/mol. The Bertz CT molecular complexity index is 373. The lowest BCUT2D eigenvalue weighted by atomic mass is 9.99. The van der Waals surface area contributed by atoms with Gasteiger partial charge in [-0.15, -0.1) is 0 Å². The summed E-state index contributed by atoms with van der Waals surface area (Å²) in [5, 5.41) is 8.86. The molecule has 0 aromatic rings. The van der Waals surface area contributed by atoms with E-state index in [0.717, 1.165) is 4.90 Å². The Labute approximate surface area is 92.2 Å². The monoisotopic (exact) mass is 229 g/mol. The van der Waals surface area contributed by atoms with Crippen LogP contribution >= 0.6 is 0 Å². The van der Waals surface area contributed by atoms with E-state index < -0.39 is 23.8 Å². The number of esters is 1. The fraction of sp³-hybridized carbons (Fsp3) is 0.600. The second-order valence-electron chi connectivity index (χ2n) is 3.71. The fourth-order valence-electron chi connectivity index (χ4n) is 1.65. The Morgan fingerprint density at radius 3 is 2.75 bits per heavy atom. The zero-order valence-electron chi connectivity index (χ0n) is 8.99. The third-order valence-electron chi connectivity index (χ3n) is 2.45. The smallest absolute Gasteiger partial charge is 0.408 e. The Morgan fingerprint density at radius 1 is 1.62 bits per heavy atom. The fourth-order valence-corrected chi connectivity index (χ4v) is 1.65. The SMILES string of the molecule is COC(=O)C#CC1(C)CC(F)CN1C(=O)O. The summed E-state index contributed by atoms with van der Waals surface area (Å²) in [4.78, 5) is 22.6. The van der Waals surface area contributed by atoms with Crippen LogP contribution in [0, 0.1) is 11.8 Å². The van der Waals surface area contributed by atoms with Crippen molar-refractivity contribution in [2.24, 2.45) is 0 Å². The van der Waals surface area contributed by atoms with Crippen LogP contribution in [0.1, 0.15) is 13.3 Å². The summed E-state index contributed by atoms with van der Waals surface area (Å²) in [5.41, 5.74) is -1.17. The van der Waals surface area contributed by atoms with Crippen molar-refractivity contribution in [1.82, 2.24) is 4.90 Å². The third kappa shape index (κ3) is 2.42. The quantitative estimate of drug-likeness (QED) is 0.376. The normalized spacial score (nSPS) is 28.2. The number of amides is 1. The van der Waals surface area contributed by atoms with Crippen LogP contribution in [0.3, 0.4) is 0 Å². The number of ether oxygens (including phenoxy) is 1.